The van der Waals surface area contributed by atoms with Gasteiger partial charge in [-0.05, 0) is 30.7 Å². The van der Waals surface area contributed by atoms with E-state index in [9.17, 15) is 9.18 Å². The summed E-state index contributed by atoms with van der Waals surface area (Å²) in [5.74, 6) is -0.136. The summed E-state index contributed by atoms with van der Waals surface area (Å²) in [6, 6.07) is 15.9. The van der Waals surface area contributed by atoms with E-state index in [1.165, 1.54) is 17.7 Å². The summed E-state index contributed by atoms with van der Waals surface area (Å²) in [7, 11) is 0. The molecule has 0 aliphatic heterocycles. The van der Waals surface area contributed by atoms with Crippen LogP contribution in [0.1, 0.15) is 17.7 Å². The van der Waals surface area contributed by atoms with Gasteiger partial charge in [0, 0.05) is 10.9 Å². The van der Waals surface area contributed by atoms with Gasteiger partial charge in [-0.25, -0.2) is 4.39 Å². The number of halogens is 1. The molecule has 2 nitrogen and oxygen atoms in total. The Bertz CT molecular complexity index is 574. The van der Waals surface area contributed by atoms with E-state index in [0.717, 1.165) is 0 Å². The Labute approximate surface area is 122 Å². The fourth-order valence-electron chi connectivity index (χ4n) is 1.78. The van der Waals surface area contributed by atoms with Gasteiger partial charge in [-0.2, -0.15) is 0 Å². The van der Waals surface area contributed by atoms with Gasteiger partial charge < -0.3 is 5.32 Å². The van der Waals surface area contributed by atoms with E-state index < -0.39 is 0 Å². The minimum atomic E-state index is -0.354. The van der Waals surface area contributed by atoms with E-state index in [1.54, 1.807) is 23.9 Å². The maximum absolute atomic E-state index is 13.0. The smallest absolute Gasteiger partial charge is 0.234 e. The normalized spacial score (nSPS) is 11.9. The lowest BCUT2D eigenvalue weighted by atomic mass is 10.2. The van der Waals surface area contributed by atoms with Crippen molar-refractivity contribution in [2.75, 3.05) is 11.1 Å². The van der Waals surface area contributed by atoms with Gasteiger partial charge in [0.1, 0.15) is 5.82 Å². The average molecular weight is 289 g/mol. The van der Waals surface area contributed by atoms with E-state index >= 15 is 0 Å². The first-order chi connectivity index (χ1) is 9.65. The van der Waals surface area contributed by atoms with Crippen LogP contribution in [0.15, 0.2) is 54.6 Å². The second-order valence-electron chi connectivity index (χ2n) is 4.42. The van der Waals surface area contributed by atoms with E-state index in [4.69, 9.17) is 0 Å². The number of carbonyl (C=O) groups is 1. The zero-order chi connectivity index (χ0) is 14.4. The number of anilines is 1. The number of benzene rings is 2. The molecule has 0 aromatic heterocycles. The molecule has 4 heteroatoms. The first-order valence-electron chi connectivity index (χ1n) is 6.37. The summed E-state index contributed by atoms with van der Waals surface area (Å²) in [4.78, 5) is 11.8. The second-order valence-corrected chi connectivity index (χ2v) is 5.75. The fraction of sp³-hybridized carbons (Fsp3) is 0.188. The van der Waals surface area contributed by atoms with Crippen molar-refractivity contribution < 1.29 is 9.18 Å². The molecule has 0 aliphatic carbocycles. The molecule has 2 rings (SSSR count). The Morgan fingerprint density at radius 2 is 1.95 bits per heavy atom. The van der Waals surface area contributed by atoms with Crippen molar-refractivity contribution in [2.24, 2.45) is 0 Å². The lowest BCUT2D eigenvalue weighted by Gasteiger charge is -2.11. The summed E-state index contributed by atoms with van der Waals surface area (Å²) in [5.41, 5.74) is 1.68. The average Bonchev–Trinajstić information content (AvgIpc) is 2.46. The molecule has 0 bridgehead atoms. The van der Waals surface area contributed by atoms with Crippen LogP contribution >= 0.6 is 11.8 Å². The molecule has 2 aromatic rings. The second kappa shape index (κ2) is 7.10. The summed E-state index contributed by atoms with van der Waals surface area (Å²) in [6.07, 6.45) is 0. The zero-order valence-electron chi connectivity index (χ0n) is 11.2. The van der Waals surface area contributed by atoms with Gasteiger partial charge in [0.05, 0.1) is 5.75 Å². The predicted octanol–water partition coefficient (Wildman–Crippen LogP) is 4.26. The van der Waals surface area contributed by atoms with Gasteiger partial charge in [-0.15, -0.1) is 11.8 Å². The van der Waals surface area contributed by atoms with Crippen molar-refractivity contribution in [3.63, 3.8) is 0 Å². The van der Waals surface area contributed by atoms with Crippen LogP contribution in [0.2, 0.25) is 0 Å². The van der Waals surface area contributed by atoms with Crippen LogP contribution in [0.5, 0.6) is 0 Å². The molecule has 20 heavy (non-hydrogen) atoms. The molecule has 2 aromatic carbocycles. The zero-order valence-corrected chi connectivity index (χ0v) is 12.0. The Morgan fingerprint density at radius 3 is 2.65 bits per heavy atom. The molecule has 104 valence electrons. The highest BCUT2D eigenvalue weighted by atomic mass is 32.2. The Balaban J connectivity index is 1.83. The number of rotatable bonds is 5. The lowest BCUT2D eigenvalue weighted by Crippen LogP contribution is -2.14. The van der Waals surface area contributed by atoms with Crippen molar-refractivity contribution in [1.82, 2.24) is 0 Å². The number of carbonyl (C=O) groups excluding carboxylic acids is 1. The van der Waals surface area contributed by atoms with Crippen molar-refractivity contribution in [2.45, 2.75) is 12.2 Å². The van der Waals surface area contributed by atoms with Crippen molar-refractivity contribution in [3.05, 3.63) is 66.0 Å². The van der Waals surface area contributed by atoms with E-state index in [0.29, 0.717) is 11.4 Å². The quantitative estimate of drug-likeness (QED) is 0.891. The third kappa shape index (κ3) is 4.38. The third-order valence-electron chi connectivity index (χ3n) is 2.84. The highest BCUT2D eigenvalue weighted by Crippen LogP contribution is 2.27. The van der Waals surface area contributed by atoms with Gasteiger partial charge in [0.15, 0.2) is 0 Å². The maximum Gasteiger partial charge on any atom is 0.234 e. The molecular weight excluding hydrogens is 273 g/mol. The molecule has 0 spiro atoms. The molecule has 0 fully saturated rings. The number of hydrogen-bond acceptors (Lipinski definition) is 2. The van der Waals surface area contributed by atoms with Crippen molar-refractivity contribution >= 4 is 23.4 Å². The number of thioether (sulfide) groups is 1. The van der Waals surface area contributed by atoms with Crippen LogP contribution in [-0.4, -0.2) is 11.7 Å². The minimum Gasteiger partial charge on any atom is -0.325 e. The fourth-order valence-corrected chi connectivity index (χ4v) is 2.61. The Hall–Kier alpha value is -1.81. The van der Waals surface area contributed by atoms with Crippen LogP contribution in [0.25, 0.3) is 0 Å². The van der Waals surface area contributed by atoms with E-state index in [1.807, 2.05) is 30.3 Å². The molecule has 0 saturated heterocycles. The van der Waals surface area contributed by atoms with Gasteiger partial charge in [-0.3, -0.25) is 4.79 Å². The molecule has 1 N–H and O–H groups in total. The van der Waals surface area contributed by atoms with E-state index in [-0.39, 0.29) is 17.0 Å². The topological polar surface area (TPSA) is 29.1 Å². The third-order valence-corrected chi connectivity index (χ3v) is 4.04. The standard InChI is InChI=1S/C16H16FNOS/c1-12(13-6-3-2-4-7-13)20-11-16(19)18-15-9-5-8-14(17)10-15/h2-10,12H,11H2,1H3,(H,18,19)/t12-/m1/s1. The monoisotopic (exact) mass is 289 g/mol. The minimum absolute atomic E-state index is 0.122. The Kier molecular flexibility index (Phi) is 5.18. The first-order valence-corrected chi connectivity index (χ1v) is 7.42. The largest absolute Gasteiger partial charge is 0.325 e. The van der Waals surface area contributed by atoms with Crippen LogP contribution in [-0.2, 0) is 4.79 Å². The Morgan fingerprint density at radius 1 is 1.20 bits per heavy atom. The van der Waals surface area contributed by atoms with E-state index in [2.05, 4.69) is 12.2 Å². The van der Waals surface area contributed by atoms with Gasteiger partial charge in [-0.1, -0.05) is 36.4 Å². The highest BCUT2D eigenvalue weighted by Gasteiger charge is 2.09. The maximum atomic E-state index is 13.0. The number of hydrogen-bond donors (Lipinski definition) is 1. The molecule has 0 saturated carbocycles. The summed E-state index contributed by atoms with van der Waals surface area (Å²) < 4.78 is 13.0. The molecule has 1 atom stereocenters. The van der Waals surface area contributed by atoms with Gasteiger partial charge in [0.25, 0.3) is 0 Å². The SMILES string of the molecule is C[C@@H](SCC(=O)Nc1cccc(F)c1)c1ccccc1. The van der Waals surface area contributed by atoms with Gasteiger partial charge in [0.2, 0.25) is 5.91 Å². The van der Waals surface area contributed by atoms with Crippen LogP contribution in [0.4, 0.5) is 10.1 Å². The molecule has 1 amide bonds. The molecular formula is C16H16FNOS. The molecule has 0 aliphatic rings. The highest BCUT2D eigenvalue weighted by molar-refractivity contribution is 8.00. The lowest BCUT2D eigenvalue weighted by molar-refractivity contribution is -0.113. The summed E-state index contributed by atoms with van der Waals surface area (Å²) >= 11 is 1.56. The predicted molar refractivity (Wildman–Crippen MR) is 82.3 cm³/mol. The first kappa shape index (κ1) is 14.6. The van der Waals surface area contributed by atoms with Crippen LogP contribution < -0.4 is 5.32 Å². The summed E-state index contributed by atoms with van der Waals surface area (Å²) in [5, 5.41) is 2.93. The number of amides is 1. The summed E-state index contributed by atoms with van der Waals surface area (Å²) in [6.45, 7) is 2.06. The molecule has 0 radical (unpaired) electrons. The molecule has 0 heterocycles. The van der Waals surface area contributed by atoms with Crippen molar-refractivity contribution in [1.29, 1.82) is 0 Å². The molecule has 0 unspecified atom stereocenters. The van der Waals surface area contributed by atoms with Gasteiger partial charge >= 0.3 is 0 Å². The van der Waals surface area contributed by atoms with Crippen LogP contribution in [0.3, 0.4) is 0 Å². The number of nitrogens with one attached hydrogen (secondary N) is 1. The van der Waals surface area contributed by atoms with Crippen LogP contribution in [0, 0.1) is 5.82 Å². The van der Waals surface area contributed by atoms with Crippen molar-refractivity contribution in [3.8, 4) is 0 Å².